The van der Waals surface area contributed by atoms with E-state index in [1.54, 1.807) is 18.3 Å². The Morgan fingerprint density at radius 2 is 2.00 bits per heavy atom. The molecule has 0 aliphatic heterocycles. The minimum Gasteiger partial charge on any atom is -0.506 e. The minimum absolute atomic E-state index is 0.0219. The third-order valence-electron chi connectivity index (χ3n) is 1.91. The molecule has 0 fully saturated rings. The number of nitrogens with zero attached hydrogens (tertiary/aromatic N) is 2. The molecule has 0 aliphatic carbocycles. The first kappa shape index (κ1) is 11.6. The summed E-state index contributed by atoms with van der Waals surface area (Å²) in [5.74, 6) is 0.476. The molecule has 0 aliphatic rings. The van der Waals surface area contributed by atoms with E-state index < -0.39 is 0 Å². The van der Waals surface area contributed by atoms with Crippen molar-refractivity contribution >= 4 is 39.1 Å². The molecule has 0 atom stereocenters. The largest absolute Gasteiger partial charge is 0.506 e. The van der Waals surface area contributed by atoms with Crippen LogP contribution in [0.25, 0.3) is 11.4 Å². The lowest BCUT2D eigenvalue weighted by molar-refractivity contribution is 0.475. The highest BCUT2D eigenvalue weighted by Crippen LogP contribution is 2.29. The maximum atomic E-state index is 9.28. The molecule has 2 aromatic rings. The van der Waals surface area contributed by atoms with Gasteiger partial charge in [-0.05, 0) is 34.1 Å². The average Bonchev–Trinajstić information content (AvgIpc) is 2.26. The molecular formula is C10H5BrCl2N2O. The minimum atomic E-state index is 0.0219. The smallest absolute Gasteiger partial charge is 0.160 e. The van der Waals surface area contributed by atoms with Crippen LogP contribution < -0.4 is 0 Å². The van der Waals surface area contributed by atoms with Gasteiger partial charge >= 0.3 is 0 Å². The topological polar surface area (TPSA) is 46.0 Å². The third kappa shape index (κ3) is 2.29. The predicted octanol–water partition coefficient (Wildman–Crippen LogP) is 3.92. The third-order valence-corrected chi connectivity index (χ3v) is 3.31. The van der Waals surface area contributed by atoms with Crippen molar-refractivity contribution in [3.63, 3.8) is 0 Å². The number of hydrogen-bond acceptors (Lipinski definition) is 3. The molecular weight excluding hydrogens is 315 g/mol. The van der Waals surface area contributed by atoms with Gasteiger partial charge in [-0.3, -0.25) is 0 Å². The van der Waals surface area contributed by atoms with Gasteiger partial charge < -0.3 is 5.11 Å². The van der Waals surface area contributed by atoms with Crippen molar-refractivity contribution < 1.29 is 5.11 Å². The van der Waals surface area contributed by atoms with Crippen LogP contribution in [-0.4, -0.2) is 15.1 Å². The van der Waals surface area contributed by atoms with Gasteiger partial charge in [0.05, 0.1) is 9.50 Å². The SMILES string of the molecule is Oc1ccc(-c2ncc(Br)c(Cl)n2)cc1Cl. The normalized spacial score (nSPS) is 10.4. The van der Waals surface area contributed by atoms with E-state index in [0.29, 0.717) is 21.0 Å². The molecule has 0 radical (unpaired) electrons. The summed E-state index contributed by atoms with van der Waals surface area (Å²) in [5.41, 5.74) is 0.692. The van der Waals surface area contributed by atoms with Crippen LogP contribution in [0.15, 0.2) is 28.9 Å². The molecule has 2 rings (SSSR count). The summed E-state index contributed by atoms with van der Waals surface area (Å²) in [7, 11) is 0. The average molecular weight is 320 g/mol. The Morgan fingerprint density at radius 3 is 2.62 bits per heavy atom. The van der Waals surface area contributed by atoms with Crippen molar-refractivity contribution in [1.29, 1.82) is 0 Å². The Balaban J connectivity index is 2.50. The van der Waals surface area contributed by atoms with Gasteiger partial charge in [0.2, 0.25) is 0 Å². The summed E-state index contributed by atoms with van der Waals surface area (Å²) in [6.07, 6.45) is 1.56. The summed E-state index contributed by atoms with van der Waals surface area (Å²) in [5, 5.41) is 9.86. The molecule has 0 amide bonds. The molecule has 1 N–H and O–H groups in total. The standard InChI is InChI=1S/C10H5BrCl2N2O/c11-6-4-14-10(15-9(6)13)5-1-2-8(16)7(12)3-5/h1-4,16H. The predicted molar refractivity (Wildman–Crippen MR) is 66.9 cm³/mol. The zero-order valence-electron chi connectivity index (χ0n) is 7.78. The molecule has 1 aromatic carbocycles. The molecule has 0 bridgehead atoms. The molecule has 0 unspecified atom stereocenters. The van der Waals surface area contributed by atoms with Gasteiger partial charge in [-0.15, -0.1) is 0 Å². The molecule has 0 saturated carbocycles. The van der Waals surface area contributed by atoms with Crippen LogP contribution in [0.5, 0.6) is 5.75 Å². The summed E-state index contributed by atoms with van der Waals surface area (Å²) >= 11 is 14.8. The van der Waals surface area contributed by atoms with Gasteiger partial charge in [-0.1, -0.05) is 23.2 Å². The number of hydrogen-bond donors (Lipinski definition) is 1. The Kier molecular flexibility index (Phi) is 3.33. The molecule has 16 heavy (non-hydrogen) atoms. The molecule has 1 aromatic heterocycles. The van der Waals surface area contributed by atoms with E-state index in [4.69, 9.17) is 23.2 Å². The maximum Gasteiger partial charge on any atom is 0.160 e. The molecule has 0 spiro atoms. The quantitative estimate of drug-likeness (QED) is 0.810. The van der Waals surface area contributed by atoms with Crippen molar-refractivity contribution in [1.82, 2.24) is 9.97 Å². The fourth-order valence-electron chi connectivity index (χ4n) is 1.13. The highest BCUT2D eigenvalue weighted by molar-refractivity contribution is 9.10. The van der Waals surface area contributed by atoms with Gasteiger partial charge in [0, 0.05) is 11.8 Å². The second-order valence-electron chi connectivity index (χ2n) is 3.00. The fourth-order valence-corrected chi connectivity index (χ4v) is 1.63. The van der Waals surface area contributed by atoms with Gasteiger partial charge in [-0.2, -0.15) is 0 Å². The molecule has 82 valence electrons. The van der Waals surface area contributed by atoms with Crippen LogP contribution in [-0.2, 0) is 0 Å². The van der Waals surface area contributed by atoms with Crippen LogP contribution in [0.1, 0.15) is 0 Å². The number of benzene rings is 1. The first-order valence-corrected chi connectivity index (χ1v) is 5.80. The zero-order chi connectivity index (χ0) is 11.7. The van der Waals surface area contributed by atoms with E-state index in [1.807, 2.05) is 0 Å². The Morgan fingerprint density at radius 1 is 1.25 bits per heavy atom. The Bertz CT molecular complexity index is 499. The second kappa shape index (κ2) is 4.57. The van der Waals surface area contributed by atoms with Gasteiger partial charge in [0.1, 0.15) is 10.9 Å². The van der Waals surface area contributed by atoms with Crippen molar-refractivity contribution in [3.8, 4) is 17.1 Å². The van der Waals surface area contributed by atoms with Gasteiger partial charge in [-0.25, -0.2) is 9.97 Å². The van der Waals surface area contributed by atoms with Crippen LogP contribution in [0.2, 0.25) is 10.2 Å². The lowest BCUT2D eigenvalue weighted by atomic mass is 10.2. The summed E-state index contributed by atoms with van der Waals surface area (Å²) in [6.45, 7) is 0. The number of halogens is 3. The van der Waals surface area contributed by atoms with E-state index in [0.717, 1.165) is 0 Å². The number of phenolic OH excluding ortho intramolecular Hbond substituents is 1. The monoisotopic (exact) mass is 318 g/mol. The summed E-state index contributed by atoms with van der Waals surface area (Å²) in [4.78, 5) is 8.18. The molecule has 0 saturated heterocycles. The van der Waals surface area contributed by atoms with Gasteiger partial charge in [0.25, 0.3) is 0 Å². The summed E-state index contributed by atoms with van der Waals surface area (Å²) < 4.78 is 0.628. The fraction of sp³-hybridized carbons (Fsp3) is 0. The van der Waals surface area contributed by atoms with Crippen molar-refractivity contribution in [2.45, 2.75) is 0 Å². The number of rotatable bonds is 1. The van der Waals surface area contributed by atoms with Crippen LogP contribution in [0.3, 0.4) is 0 Å². The number of aromatic hydroxyl groups is 1. The van der Waals surface area contributed by atoms with E-state index in [9.17, 15) is 5.11 Å². The maximum absolute atomic E-state index is 9.28. The molecule has 6 heteroatoms. The van der Waals surface area contributed by atoms with Crippen LogP contribution >= 0.6 is 39.1 Å². The number of aromatic nitrogens is 2. The first-order valence-electron chi connectivity index (χ1n) is 4.25. The van der Waals surface area contributed by atoms with E-state index in [1.165, 1.54) is 6.07 Å². The highest BCUT2D eigenvalue weighted by atomic mass is 79.9. The van der Waals surface area contributed by atoms with Crippen LogP contribution in [0, 0.1) is 0 Å². The van der Waals surface area contributed by atoms with Crippen LogP contribution in [0.4, 0.5) is 0 Å². The zero-order valence-corrected chi connectivity index (χ0v) is 10.9. The van der Waals surface area contributed by atoms with Gasteiger partial charge in [0.15, 0.2) is 5.82 Å². The van der Waals surface area contributed by atoms with E-state index in [-0.39, 0.29) is 10.8 Å². The summed E-state index contributed by atoms with van der Waals surface area (Å²) in [6, 6.07) is 4.73. The molecule has 3 nitrogen and oxygen atoms in total. The Hall–Kier alpha value is -0.840. The van der Waals surface area contributed by atoms with E-state index >= 15 is 0 Å². The van der Waals surface area contributed by atoms with Crippen molar-refractivity contribution in [3.05, 3.63) is 39.0 Å². The highest BCUT2D eigenvalue weighted by Gasteiger charge is 2.07. The lowest BCUT2D eigenvalue weighted by Gasteiger charge is -2.03. The number of phenols is 1. The Labute approximate surface area is 110 Å². The molecule has 1 heterocycles. The van der Waals surface area contributed by atoms with Crippen molar-refractivity contribution in [2.75, 3.05) is 0 Å². The lowest BCUT2D eigenvalue weighted by Crippen LogP contribution is -1.89. The first-order chi connectivity index (χ1) is 7.58. The second-order valence-corrected chi connectivity index (χ2v) is 4.62. The van der Waals surface area contributed by atoms with Crippen molar-refractivity contribution in [2.24, 2.45) is 0 Å². The van der Waals surface area contributed by atoms with E-state index in [2.05, 4.69) is 25.9 Å².